The number of aryl methyl sites for hydroxylation is 3. The summed E-state index contributed by atoms with van der Waals surface area (Å²) in [7, 11) is 8.55. The monoisotopic (exact) mass is 837 g/mol. The van der Waals surface area contributed by atoms with E-state index in [0.29, 0.717) is 11.8 Å². The number of piperidine rings is 4. The Balaban J connectivity index is 0.000000552. The third kappa shape index (κ3) is 6.68. The number of hydrogen-bond donors (Lipinski definition) is 0. The molecule has 4 nitrogen and oxygen atoms in total. The van der Waals surface area contributed by atoms with E-state index in [1.807, 2.05) is 22.8 Å². The fraction of sp³-hybridized carbons (Fsp3) is 0.604. The van der Waals surface area contributed by atoms with Gasteiger partial charge in [0.05, 0.1) is 17.0 Å². The second-order valence-corrected chi connectivity index (χ2v) is 20.8. The number of alkyl halides is 1. The molecule has 0 aromatic heterocycles. The van der Waals surface area contributed by atoms with Gasteiger partial charge in [0.1, 0.15) is 0 Å². The summed E-state index contributed by atoms with van der Waals surface area (Å²) in [6.45, 7) is 24.7. The Kier molecular flexibility index (Phi) is 11.1. The molecule has 9 atom stereocenters. The number of halogens is 1. The van der Waals surface area contributed by atoms with Gasteiger partial charge in [-0.15, -0.1) is 23.2 Å². The van der Waals surface area contributed by atoms with Crippen molar-refractivity contribution in [2.45, 2.75) is 136 Å². The van der Waals surface area contributed by atoms with Crippen molar-refractivity contribution in [3.8, 4) is 0 Å². The summed E-state index contributed by atoms with van der Waals surface area (Å²) in [5.41, 5.74) is 10.7. The van der Waals surface area contributed by atoms with Gasteiger partial charge in [0.2, 0.25) is 0 Å². The maximum absolute atomic E-state index is 8.61. The molecule has 3 aromatic carbocycles. The van der Waals surface area contributed by atoms with Gasteiger partial charge in [-0.05, 0) is 133 Å². The van der Waals surface area contributed by atoms with E-state index < -0.39 is 4.87 Å². The van der Waals surface area contributed by atoms with E-state index >= 15 is 0 Å². The van der Waals surface area contributed by atoms with E-state index in [9.17, 15) is 0 Å². The Hall–Kier alpha value is -2.36. The summed E-state index contributed by atoms with van der Waals surface area (Å²) in [6, 6.07) is 23.7. The molecule has 4 saturated heterocycles. The summed E-state index contributed by atoms with van der Waals surface area (Å²) < 4.78 is 2.01. The molecule has 6 heteroatoms. The molecule has 3 aromatic rings. The van der Waals surface area contributed by atoms with Crippen LogP contribution < -0.4 is 19.6 Å². The van der Waals surface area contributed by atoms with Crippen LogP contribution in [0.2, 0.25) is 0 Å². The molecule has 6 aliphatic rings. The molecule has 4 aliphatic heterocycles. The van der Waals surface area contributed by atoms with Crippen LogP contribution in [0.4, 0.5) is 22.7 Å². The summed E-state index contributed by atoms with van der Waals surface area (Å²) in [6.07, 6.45) is 7.25. The number of hydrogen-bond acceptors (Lipinski definition) is 4. The third-order valence-corrected chi connectivity index (χ3v) is 16.1. The van der Waals surface area contributed by atoms with Gasteiger partial charge in [0.25, 0.3) is 0 Å². The van der Waals surface area contributed by atoms with Crippen molar-refractivity contribution in [3.63, 3.8) is 0 Å². The van der Waals surface area contributed by atoms with Crippen LogP contribution in [0.5, 0.6) is 0 Å². The predicted molar refractivity (Wildman–Crippen MR) is 232 cm³/mol. The van der Waals surface area contributed by atoms with Crippen LogP contribution in [0.1, 0.15) is 109 Å². The second kappa shape index (κ2) is 14.5. The van der Waals surface area contributed by atoms with E-state index in [1.54, 1.807) is 0 Å². The quantitative estimate of drug-likeness (QED) is 0.134. The van der Waals surface area contributed by atoms with E-state index in [4.69, 9.17) is 11.6 Å². The number of benzene rings is 3. The molecule has 4 bridgehead atoms. The molecule has 0 spiro atoms. The number of fused-ring (bicyclic) bond motifs is 6. The van der Waals surface area contributed by atoms with E-state index in [0.717, 1.165) is 0 Å². The predicted octanol–water partition coefficient (Wildman–Crippen LogP) is 11.2. The van der Waals surface area contributed by atoms with E-state index in [-0.39, 0.29) is 34.0 Å². The SMILES string of the molecule is Cc1cc(N(C)C)c[c-]c1N1C([C@](C)(Cl)C2N(c3c(C)cc(N(C)C)cc3C)C3(C)CCC2(C)C(C)C3)[C@@]2(C)CCC1(C)CC2C.[Ru+]=[CH]c1ccccc1. The molecule has 0 amide bonds. The number of nitrogens with zero attached hydrogens (tertiary/aromatic N) is 4. The Labute approximate surface area is 344 Å². The summed E-state index contributed by atoms with van der Waals surface area (Å²) in [5.74, 6) is 1.18. The van der Waals surface area contributed by atoms with Gasteiger partial charge in [-0.25, -0.2) is 0 Å². The van der Waals surface area contributed by atoms with Gasteiger partial charge in [-0.3, -0.25) is 0 Å². The van der Waals surface area contributed by atoms with Gasteiger partial charge >= 0.3 is 58.4 Å². The van der Waals surface area contributed by atoms with Gasteiger partial charge in [0, 0.05) is 36.5 Å². The zero-order valence-electron chi connectivity index (χ0n) is 35.8. The second-order valence-electron chi connectivity index (χ2n) is 19.5. The van der Waals surface area contributed by atoms with Gasteiger partial charge < -0.3 is 19.6 Å². The molecule has 0 N–H and O–H groups in total. The number of anilines is 4. The molecule has 0 radical (unpaired) electrons. The molecule has 2 saturated carbocycles. The van der Waals surface area contributed by atoms with Crippen molar-refractivity contribution in [2.75, 3.05) is 47.8 Å². The van der Waals surface area contributed by atoms with Gasteiger partial charge in [-0.1, -0.05) is 46.0 Å². The summed E-state index contributed by atoms with van der Waals surface area (Å²) >= 11 is 11.1. The van der Waals surface area contributed by atoms with Crippen molar-refractivity contribution in [1.82, 2.24) is 0 Å². The average molecular weight is 838 g/mol. The standard InChI is InChI=1S/C41H62ClN4.C7H6.Ru/c1-26-21-31(43(11)12)15-16-33(26)45-35(39(8)19-17-37(45,6)24-29(39)4)41(10,42)36-40(9)20-18-38(7,25-30(40)5)46(36)34-27(2)22-32(44(13)14)23-28(34)3;1-7-5-3-2-4-6-7;/h15,21-23,29-30,35-36H,17-20,24-25H2,1-14H3;1-6H;/q-1;;+1/t29?,30?,35?,36?,37?,38?,39-,40?,41-;;/m0../s1. The Morgan fingerprint density at radius 2 is 1.20 bits per heavy atom. The molecule has 54 heavy (non-hydrogen) atoms. The average Bonchev–Trinajstić information content (AvgIpc) is 3.10. The molecule has 2 aliphatic carbocycles. The Bertz CT molecular complexity index is 1830. The fourth-order valence-corrected chi connectivity index (χ4v) is 13.0. The molecule has 6 fully saturated rings. The molecular formula is C48H68ClN4Ru. The molecular weight excluding hydrogens is 769 g/mol. The van der Waals surface area contributed by atoms with Crippen LogP contribution in [0.3, 0.4) is 0 Å². The summed E-state index contributed by atoms with van der Waals surface area (Å²) in [4.78, 5) is 9.62. The number of rotatable bonds is 7. The topological polar surface area (TPSA) is 13.0 Å². The molecule has 9 rings (SSSR count). The van der Waals surface area contributed by atoms with Crippen molar-refractivity contribution < 1.29 is 17.9 Å². The first-order valence-corrected chi connectivity index (χ1v) is 21.8. The first-order valence-electron chi connectivity index (χ1n) is 20.4. The zero-order valence-corrected chi connectivity index (χ0v) is 38.3. The van der Waals surface area contributed by atoms with Crippen molar-refractivity contribution in [3.05, 3.63) is 82.9 Å². The van der Waals surface area contributed by atoms with Crippen molar-refractivity contribution in [2.24, 2.45) is 22.7 Å². The van der Waals surface area contributed by atoms with Crippen LogP contribution in [0, 0.1) is 49.5 Å². The fourth-order valence-electron chi connectivity index (χ4n) is 12.0. The first kappa shape index (κ1) is 41.3. The normalized spacial score (nSPS) is 33.8. The molecule has 295 valence electrons. The van der Waals surface area contributed by atoms with Gasteiger partial charge in [-0.2, -0.15) is 12.1 Å². The van der Waals surface area contributed by atoms with Crippen LogP contribution in [-0.4, -0.2) is 60.8 Å². The zero-order chi connectivity index (χ0) is 39.8. The van der Waals surface area contributed by atoms with Crippen molar-refractivity contribution in [1.29, 1.82) is 0 Å². The van der Waals surface area contributed by atoms with Crippen LogP contribution in [0.25, 0.3) is 0 Å². The minimum absolute atomic E-state index is 0.0347. The maximum atomic E-state index is 8.61. The molecule has 4 heterocycles. The Morgan fingerprint density at radius 3 is 1.63 bits per heavy atom. The molecule has 7 unspecified atom stereocenters. The van der Waals surface area contributed by atoms with E-state index in [1.165, 1.54) is 83.5 Å². The van der Waals surface area contributed by atoms with Crippen molar-refractivity contribution >= 4 is 39.0 Å². The minimum atomic E-state index is -0.532. The van der Waals surface area contributed by atoms with Crippen LogP contribution in [-0.2, 0) is 17.9 Å². The first-order chi connectivity index (χ1) is 25.1. The van der Waals surface area contributed by atoms with Crippen LogP contribution in [0.15, 0.2) is 54.6 Å². The summed E-state index contributed by atoms with van der Waals surface area (Å²) in [5, 5.41) is 0. The third-order valence-electron chi connectivity index (χ3n) is 15.1. The Morgan fingerprint density at radius 1 is 0.741 bits per heavy atom. The van der Waals surface area contributed by atoms with E-state index in [2.05, 4.69) is 177 Å². The van der Waals surface area contributed by atoms with Gasteiger partial charge in [0.15, 0.2) is 0 Å². The van der Waals surface area contributed by atoms with Crippen LogP contribution >= 0.6 is 11.6 Å².